The van der Waals surface area contributed by atoms with Gasteiger partial charge in [-0.15, -0.1) is 0 Å². The molecule has 1 atom stereocenters. The summed E-state index contributed by atoms with van der Waals surface area (Å²) in [5.41, 5.74) is 8.30. The number of hydrogen-bond acceptors (Lipinski definition) is 5. The highest BCUT2D eigenvalue weighted by molar-refractivity contribution is 5.98. The van der Waals surface area contributed by atoms with Gasteiger partial charge in [-0.25, -0.2) is 0 Å². The number of aromatic nitrogens is 1. The van der Waals surface area contributed by atoms with Gasteiger partial charge in [-0.05, 0) is 38.1 Å². The lowest BCUT2D eigenvalue weighted by Gasteiger charge is -2.43. The van der Waals surface area contributed by atoms with E-state index in [4.69, 9.17) is 10.5 Å². The Morgan fingerprint density at radius 2 is 2.24 bits per heavy atom. The fraction of sp³-hybridized carbons (Fsp3) is 0.438. The maximum Gasteiger partial charge on any atom is 0.0988 e. The zero-order chi connectivity index (χ0) is 15.0. The number of anilines is 2. The van der Waals surface area contributed by atoms with E-state index in [1.165, 1.54) is 0 Å². The topological polar surface area (TPSA) is 71.6 Å². The Bertz CT molecular complexity index is 657. The van der Waals surface area contributed by atoms with Crippen molar-refractivity contribution in [3.8, 4) is 0 Å². The van der Waals surface area contributed by atoms with E-state index in [2.05, 4.69) is 9.88 Å². The van der Waals surface area contributed by atoms with Crippen molar-refractivity contribution in [3.05, 3.63) is 30.5 Å². The first-order valence-corrected chi connectivity index (χ1v) is 7.17. The third-order valence-electron chi connectivity index (χ3n) is 3.80. The molecular formula is C16H21N3O2. The minimum absolute atomic E-state index is 0.0189. The number of ether oxygens (including phenoxy) is 1. The van der Waals surface area contributed by atoms with E-state index < -0.39 is 0 Å². The maximum absolute atomic E-state index is 9.46. The molecule has 0 aliphatic carbocycles. The van der Waals surface area contributed by atoms with Crippen LogP contribution < -0.4 is 10.6 Å². The van der Waals surface area contributed by atoms with Crippen molar-refractivity contribution in [1.82, 2.24) is 4.98 Å². The molecule has 1 aliphatic rings. The van der Waals surface area contributed by atoms with Gasteiger partial charge in [0.25, 0.3) is 0 Å². The number of pyridine rings is 1. The van der Waals surface area contributed by atoms with E-state index in [0.717, 1.165) is 23.1 Å². The molecule has 5 heteroatoms. The summed E-state index contributed by atoms with van der Waals surface area (Å²) >= 11 is 0. The molecule has 1 fully saturated rings. The summed E-state index contributed by atoms with van der Waals surface area (Å²) in [6, 6.07) is 7.86. The monoisotopic (exact) mass is 287 g/mol. The molecule has 1 aliphatic heterocycles. The summed E-state index contributed by atoms with van der Waals surface area (Å²) < 4.78 is 5.88. The number of aliphatic hydroxyl groups is 1. The second-order valence-corrected chi connectivity index (χ2v) is 6.14. The Labute approximate surface area is 124 Å². The minimum Gasteiger partial charge on any atom is -0.397 e. The molecule has 0 amide bonds. The Morgan fingerprint density at radius 1 is 1.43 bits per heavy atom. The van der Waals surface area contributed by atoms with Crippen LogP contribution in [0.4, 0.5) is 11.4 Å². The molecule has 0 bridgehead atoms. The van der Waals surface area contributed by atoms with Gasteiger partial charge in [0.15, 0.2) is 0 Å². The third-order valence-corrected chi connectivity index (χ3v) is 3.80. The zero-order valence-corrected chi connectivity index (χ0v) is 12.4. The van der Waals surface area contributed by atoms with Gasteiger partial charge in [0.2, 0.25) is 0 Å². The van der Waals surface area contributed by atoms with Crippen molar-refractivity contribution in [2.45, 2.75) is 25.6 Å². The zero-order valence-electron chi connectivity index (χ0n) is 12.4. The van der Waals surface area contributed by atoms with Gasteiger partial charge >= 0.3 is 0 Å². The first-order valence-electron chi connectivity index (χ1n) is 7.17. The maximum atomic E-state index is 9.46. The third kappa shape index (κ3) is 2.66. The van der Waals surface area contributed by atoms with Gasteiger partial charge in [-0.1, -0.05) is 0 Å². The van der Waals surface area contributed by atoms with E-state index in [1.807, 2.05) is 38.1 Å². The number of nitrogens with two attached hydrogens (primary N) is 1. The van der Waals surface area contributed by atoms with Crippen molar-refractivity contribution in [2.24, 2.45) is 0 Å². The molecule has 3 rings (SSSR count). The largest absolute Gasteiger partial charge is 0.397 e. The van der Waals surface area contributed by atoms with Gasteiger partial charge in [0.1, 0.15) is 0 Å². The second kappa shape index (κ2) is 5.16. The number of hydrogen-bond donors (Lipinski definition) is 2. The summed E-state index contributed by atoms with van der Waals surface area (Å²) in [7, 11) is 0. The summed E-state index contributed by atoms with van der Waals surface area (Å²) in [6.07, 6.45) is 1.57. The fourth-order valence-electron chi connectivity index (χ4n) is 3.03. The van der Waals surface area contributed by atoms with Crippen molar-refractivity contribution in [3.63, 3.8) is 0 Å². The number of nitrogen functional groups attached to an aromatic ring is 1. The van der Waals surface area contributed by atoms with Crippen molar-refractivity contribution >= 4 is 22.3 Å². The fourth-order valence-corrected chi connectivity index (χ4v) is 3.03. The molecule has 2 aromatic rings. The molecule has 112 valence electrons. The van der Waals surface area contributed by atoms with E-state index in [0.29, 0.717) is 12.2 Å². The van der Waals surface area contributed by atoms with E-state index >= 15 is 0 Å². The molecule has 1 aromatic heterocycles. The molecule has 0 spiro atoms. The lowest BCUT2D eigenvalue weighted by atomic mass is 10.0. The summed E-state index contributed by atoms with van der Waals surface area (Å²) in [5.74, 6) is 0. The van der Waals surface area contributed by atoms with Crippen molar-refractivity contribution < 1.29 is 9.84 Å². The van der Waals surface area contributed by atoms with Gasteiger partial charge in [-0.2, -0.15) is 0 Å². The second-order valence-electron chi connectivity index (χ2n) is 6.14. The molecule has 2 heterocycles. The van der Waals surface area contributed by atoms with Crippen LogP contribution in [0.15, 0.2) is 30.5 Å². The van der Waals surface area contributed by atoms with Crippen molar-refractivity contribution in [2.75, 3.05) is 30.3 Å². The Hall–Kier alpha value is -1.85. The molecule has 5 nitrogen and oxygen atoms in total. The SMILES string of the molecule is CC1(C)CN(c2ccc(N)c3ncccc23)CC(CO)O1. The predicted octanol–water partition coefficient (Wildman–Crippen LogP) is 1.79. The van der Waals surface area contributed by atoms with E-state index in [9.17, 15) is 5.11 Å². The molecule has 0 radical (unpaired) electrons. The summed E-state index contributed by atoms with van der Waals surface area (Å²) in [5, 5.41) is 10.5. The smallest absolute Gasteiger partial charge is 0.0988 e. The Morgan fingerprint density at radius 3 is 3.00 bits per heavy atom. The van der Waals surface area contributed by atoms with Crippen LogP contribution >= 0.6 is 0 Å². The first kappa shape index (κ1) is 14.1. The van der Waals surface area contributed by atoms with Gasteiger partial charge in [0, 0.05) is 30.4 Å². The molecular weight excluding hydrogens is 266 g/mol. The van der Waals surface area contributed by atoms with E-state index in [1.54, 1.807) is 6.20 Å². The first-order chi connectivity index (χ1) is 10.00. The highest BCUT2D eigenvalue weighted by atomic mass is 16.5. The molecule has 3 N–H and O–H groups in total. The number of nitrogens with zero attached hydrogens (tertiary/aromatic N) is 2. The summed E-state index contributed by atoms with van der Waals surface area (Å²) in [4.78, 5) is 6.62. The highest BCUT2D eigenvalue weighted by Crippen LogP contribution is 2.33. The number of fused-ring (bicyclic) bond motifs is 1. The van der Waals surface area contributed by atoms with Crippen LogP contribution in [0.3, 0.4) is 0 Å². The minimum atomic E-state index is -0.304. The van der Waals surface area contributed by atoms with Crippen LogP contribution in [0.2, 0.25) is 0 Å². The lowest BCUT2D eigenvalue weighted by molar-refractivity contribution is -0.100. The molecule has 1 aromatic carbocycles. The Balaban J connectivity index is 2.05. The van der Waals surface area contributed by atoms with Crippen LogP contribution in [-0.2, 0) is 4.74 Å². The number of aliphatic hydroxyl groups excluding tert-OH is 1. The standard InChI is InChI=1S/C16H21N3O2/c1-16(2)10-19(8-11(9-20)21-16)14-6-5-13(17)15-12(14)4-3-7-18-15/h3-7,11,20H,8-10,17H2,1-2H3. The molecule has 1 unspecified atom stereocenters. The molecule has 0 saturated carbocycles. The molecule has 1 saturated heterocycles. The van der Waals surface area contributed by atoms with Crippen LogP contribution in [0.25, 0.3) is 10.9 Å². The van der Waals surface area contributed by atoms with Gasteiger partial charge < -0.3 is 20.5 Å². The van der Waals surface area contributed by atoms with Crippen LogP contribution in [-0.4, -0.2) is 41.5 Å². The Kier molecular flexibility index (Phi) is 3.47. The average molecular weight is 287 g/mol. The number of benzene rings is 1. The van der Waals surface area contributed by atoms with Crippen molar-refractivity contribution in [1.29, 1.82) is 0 Å². The van der Waals surface area contributed by atoms with Gasteiger partial charge in [-0.3, -0.25) is 4.98 Å². The number of rotatable bonds is 2. The predicted molar refractivity (Wildman–Crippen MR) is 84.4 cm³/mol. The lowest BCUT2D eigenvalue weighted by Crippen LogP contribution is -2.54. The van der Waals surface area contributed by atoms with Crippen LogP contribution in [0, 0.1) is 0 Å². The normalized spacial score (nSPS) is 21.7. The van der Waals surface area contributed by atoms with Crippen LogP contribution in [0.5, 0.6) is 0 Å². The summed E-state index contributed by atoms with van der Waals surface area (Å²) in [6.45, 7) is 5.52. The number of morpholine rings is 1. The highest BCUT2D eigenvalue weighted by Gasteiger charge is 2.33. The molecule has 21 heavy (non-hydrogen) atoms. The van der Waals surface area contributed by atoms with Crippen LogP contribution in [0.1, 0.15) is 13.8 Å². The van der Waals surface area contributed by atoms with E-state index in [-0.39, 0.29) is 18.3 Å². The average Bonchev–Trinajstić information content (AvgIpc) is 2.46. The van der Waals surface area contributed by atoms with Gasteiger partial charge in [0.05, 0.1) is 29.5 Å². The quantitative estimate of drug-likeness (QED) is 0.824.